The van der Waals surface area contributed by atoms with Gasteiger partial charge in [0.15, 0.2) is 0 Å². The molecule has 9 heteroatoms. The van der Waals surface area contributed by atoms with Crippen molar-refractivity contribution in [1.29, 1.82) is 0 Å². The van der Waals surface area contributed by atoms with Gasteiger partial charge < -0.3 is 5.11 Å². The van der Waals surface area contributed by atoms with E-state index in [-0.39, 0.29) is 10.6 Å². The van der Waals surface area contributed by atoms with E-state index in [2.05, 4.69) is 0 Å². The van der Waals surface area contributed by atoms with E-state index in [4.69, 9.17) is 4.84 Å². The van der Waals surface area contributed by atoms with Crippen LogP contribution in [0.25, 0.3) is 0 Å². The third-order valence-corrected chi connectivity index (χ3v) is 6.15. The zero-order valence-electron chi connectivity index (χ0n) is 14.9. The van der Waals surface area contributed by atoms with Gasteiger partial charge in [-0.05, 0) is 31.5 Å². The van der Waals surface area contributed by atoms with Gasteiger partial charge in [-0.2, -0.15) is 0 Å². The molecule has 1 saturated heterocycles. The summed E-state index contributed by atoms with van der Waals surface area (Å²) >= 11 is 0. The number of rotatable bonds is 5. The number of nitrogens with zero attached hydrogens (tertiary/aromatic N) is 2. The molecule has 0 aliphatic carbocycles. The zero-order chi connectivity index (χ0) is 19.8. The van der Waals surface area contributed by atoms with Crippen molar-refractivity contribution < 1.29 is 23.3 Å². The highest BCUT2D eigenvalue weighted by Gasteiger charge is 2.42. The third-order valence-electron chi connectivity index (χ3n) is 4.42. The van der Waals surface area contributed by atoms with Crippen molar-refractivity contribution in [2.45, 2.75) is 37.3 Å². The van der Waals surface area contributed by atoms with E-state index in [1.54, 1.807) is 0 Å². The highest BCUT2D eigenvalue weighted by Crippen LogP contribution is 2.37. The number of aryl methyl sites for hydroxylation is 2. The first-order valence-corrected chi connectivity index (χ1v) is 9.81. The maximum Gasteiger partial charge on any atom is 0.269 e. The number of hydrogen-bond donors (Lipinski definition) is 1. The Bertz CT molecular complexity index is 938. The molecule has 1 aliphatic rings. The summed E-state index contributed by atoms with van der Waals surface area (Å²) in [7, 11) is -4.08. The van der Waals surface area contributed by atoms with Crippen molar-refractivity contribution in [2.24, 2.45) is 0 Å². The lowest BCUT2D eigenvalue weighted by molar-refractivity contribution is -0.384. The lowest BCUT2D eigenvalue weighted by Gasteiger charge is -2.21. The van der Waals surface area contributed by atoms with Crippen LogP contribution in [0.15, 0.2) is 47.4 Å². The lowest BCUT2D eigenvalue weighted by atomic mass is 10.00. The molecule has 1 fully saturated rings. The molecule has 0 amide bonds. The Morgan fingerprint density at radius 2 is 1.78 bits per heavy atom. The van der Waals surface area contributed by atoms with E-state index in [0.717, 1.165) is 45.4 Å². The monoisotopic (exact) mass is 392 g/mol. The summed E-state index contributed by atoms with van der Waals surface area (Å²) in [6.07, 6.45) is -0.195. The highest BCUT2D eigenvalue weighted by molar-refractivity contribution is 7.89. The van der Waals surface area contributed by atoms with Gasteiger partial charge in [-0.15, -0.1) is 0 Å². The molecule has 0 bridgehead atoms. The number of aliphatic hydroxyl groups is 1. The number of aliphatic hydroxyl groups excluding tert-OH is 1. The Balaban J connectivity index is 1.91. The molecule has 0 radical (unpaired) electrons. The maximum atomic E-state index is 12.9. The summed E-state index contributed by atoms with van der Waals surface area (Å²) in [4.78, 5) is 15.7. The fourth-order valence-corrected chi connectivity index (χ4v) is 4.67. The Morgan fingerprint density at radius 3 is 2.30 bits per heavy atom. The van der Waals surface area contributed by atoms with Crippen LogP contribution in [0.1, 0.15) is 29.2 Å². The van der Waals surface area contributed by atoms with Crippen molar-refractivity contribution in [3.05, 3.63) is 69.3 Å². The van der Waals surface area contributed by atoms with E-state index < -0.39 is 33.7 Å². The summed E-state index contributed by atoms with van der Waals surface area (Å²) < 4.78 is 26.6. The molecular weight excluding hydrogens is 372 g/mol. The third kappa shape index (κ3) is 3.86. The molecule has 2 atom stereocenters. The summed E-state index contributed by atoms with van der Waals surface area (Å²) in [5.41, 5.74) is 2.70. The molecular formula is C18H20N2O6S. The van der Waals surface area contributed by atoms with Crippen LogP contribution in [0.5, 0.6) is 0 Å². The Morgan fingerprint density at radius 1 is 1.19 bits per heavy atom. The molecule has 27 heavy (non-hydrogen) atoms. The molecule has 0 saturated carbocycles. The van der Waals surface area contributed by atoms with Crippen LogP contribution < -0.4 is 0 Å². The molecule has 1 aliphatic heterocycles. The second-order valence-electron chi connectivity index (χ2n) is 6.60. The second kappa shape index (κ2) is 7.35. The summed E-state index contributed by atoms with van der Waals surface area (Å²) in [5, 5.41) is 20.4. The first kappa shape index (κ1) is 19.4. The average molecular weight is 392 g/mol. The van der Waals surface area contributed by atoms with Crippen LogP contribution in [0.3, 0.4) is 0 Å². The lowest BCUT2D eigenvalue weighted by Crippen LogP contribution is -2.36. The van der Waals surface area contributed by atoms with Gasteiger partial charge in [-0.3, -0.25) is 15.0 Å². The molecule has 8 nitrogen and oxygen atoms in total. The van der Waals surface area contributed by atoms with Gasteiger partial charge in [-0.1, -0.05) is 33.8 Å². The van der Waals surface area contributed by atoms with Gasteiger partial charge in [0.2, 0.25) is 0 Å². The highest BCUT2D eigenvalue weighted by atomic mass is 32.2. The van der Waals surface area contributed by atoms with Gasteiger partial charge in [0.05, 0.1) is 22.5 Å². The molecule has 0 spiro atoms. The topological polar surface area (TPSA) is 110 Å². The molecule has 1 N–H and O–H groups in total. The Hall–Kier alpha value is -2.33. The molecule has 2 aromatic rings. The second-order valence-corrected chi connectivity index (χ2v) is 8.38. The average Bonchev–Trinajstić information content (AvgIpc) is 3.06. The van der Waals surface area contributed by atoms with Crippen LogP contribution in [0, 0.1) is 24.0 Å². The van der Waals surface area contributed by atoms with Gasteiger partial charge >= 0.3 is 0 Å². The van der Waals surface area contributed by atoms with E-state index in [0.29, 0.717) is 6.42 Å². The van der Waals surface area contributed by atoms with Crippen molar-refractivity contribution in [3.63, 3.8) is 0 Å². The minimum atomic E-state index is -4.08. The smallest absolute Gasteiger partial charge is 0.269 e. The number of nitro benzene ring substituents is 1. The van der Waals surface area contributed by atoms with E-state index >= 15 is 0 Å². The standard InChI is InChI=1S/C18H20N2O6S/c1-12-7-13(2)9-14(8-12)18-10-16(11-21)20(26-18)27(24,25)17-5-3-15(4-6-17)19(22)23/h3-9,16,18,21H,10-11H2,1-2H3/t16-,18+/m1/s1. The van der Waals surface area contributed by atoms with Gasteiger partial charge in [-0.25, -0.2) is 8.42 Å². The van der Waals surface area contributed by atoms with Gasteiger partial charge in [0.1, 0.15) is 6.10 Å². The zero-order valence-corrected chi connectivity index (χ0v) is 15.7. The summed E-state index contributed by atoms with van der Waals surface area (Å²) in [6, 6.07) is 9.69. The predicted molar refractivity (Wildman–Crippen MR) is 97.4 cm³/mol. The first-order chi connectivity index (χ1) is 12.7. The number of nitro groups is 1. The van der Waals surface area contributed by atoms with Crippen molar-refractivity contribution in [1.82, 2.24) is 4.47 Å². The Labute approximate surface area is 157 Å². The summed E-state index contributed by atoms with van der Waals surface area (Å²) in [5.74, 6) is 0. The van der Waals surface area contributed by atoms with E-state index in [1.165, 1.54) is 0 Å². The molecule has 1 heterocycles. The molecule has 144 valence electrons. The Kier molecular flexibility index (Phi) is 5.29. The van der Waals surface area contributed by atoms with Crippen LogP contribution in [-0.4, -0.2) is 35.6 Å². The van der Waals surface area contributed by atoms with Crippen LogP contribution in [-0.2, 0) is 14.9 Å². The molecule has 0 unspecified atom stereocenters. The number of non-ortho nitro benzene ring substituents is 1. The predicted octanol–water partition coefficient (Wildman–Crippen LogP) is 2.64. The number of hydrogen-bond acceptors (Lipinski definition) is 6. The van der Waals surface area contributed by atoms with Crippen molar-refractivity contribution in [2.75, 3.05) is 6.61 Å². The molecule has 0 aromatic heterocycles. The van der Waals surface area contributed by atoms with E-state index in [9.17, 15) is 23.6 Å². The normalized spacial score (nSPS) is 20.7. The SMILES string of the molecule is Cc1cc(C)cc([C@@H]2C[C@H](CO)N(S(=O)(=O)c3ccc([N+](=O)[O-])cc3)O2)c1. The molecule has 2 aromatic carbocycles. The van der Waals surface area contributed by atoms with Crippen molar-refractivity contribution in [3.8, 4) is 0 Å². The fraction of sp³-hybridized carbons (Fsp3) is 0.333. The van der Waals surface area contributed by atoms with Gasteiger partial charge in [0.25, 0.3) is 15.7 Å². The number of sulfonamides is 1. The summed E-state index contributed by atoms with van der Waals surface area (Å²) in [6.45, 7) is 3.49. The number of hydroxylamine groups is 1. The number of benzene rings is 2. The van der Waals surface area contributed by atoms with Crippen LogP contribution in [0.2, 0.25) is 0 Å². The first-order valence-electron chi connectivity index (χ1n) is 8.37. The quantitative estimate of drug-likeness (QED) is 0.619. The minimum Gasteiger partial charge on any atom is -0.395 e. The largest absolute Gasteiger partial charge is 0.395 e. The van der Waals surface area contributed by atoms with Crippen molar-refractivity contribution >= 4 is 15.7 Å². The van der Waals surface area contributed by atoms with E-state index in [1.807, 2.05) is 32.0 Å². The minimum absolute atomic E-state index is 0.132. The molecule has 3 rings (SSSR count). The van der Waals surface area contributed by atoms with Crippen LogP contribution in [0.4, 0.5) is 5.69 Å². The van der Waals surface area contributed by atoms with Gasteiger partial charge in [0, 0.05) is 18.6 Å². The maximum absolute atomic E-state index is 12.9. The fourth-order valence-electron chi connectivity index (χ4n) is 3.22. The van der Waals surface area contributed by atoms with Crippen LogP contribution >= 0.6 is 0 Å².